The molecule has 7 heteroatoms. The van der Waals surface area contributed by atoms with Gasteiger partial charge < -0.3 is 25.4 Å². The second-order valence-corrected chi connectivity index (χ2v) is 8.61. The Kier molecular flexibility index (Phi) is 7.98. The van der Waals surface area contributed by atoms with E-state index in [4.69, 9.17) is 4.74 Å². The Morgan fingerprint density at radius 1 is 1.00 bits per heavy atom. The van der Waals surface area contributed by atoms with Crippen molar-refractivity contribution < 1.29 is 14.6 Å². The zero-order chi connectivity index (χ0) is 22.2. The van der Waals surface area contributed by atoms with Crippen molar-refractivity contribution in [3.63, 3.8) is 0 Å². The SMILES string of the molecule is O=C(CNc1ccccc1CN1CCC(CO)CC1)Nc1ccc(N2CCOCC2)cc1. The van der Waals surface area contributed by atoms with Crippen molar-refractivity contribution in [2.24, 2.45) is 5.92 Å². The lowest BCUT2D eigenvalue weighted by Crippen LogP contribution is -2.36. The third kappa shape index (κ3) is 6.22. The van der Waals surface area contributed by atoms with Gasteiger partial charge in [0.1, 0.15) is 0 Å². The molecule has 2 aromatic carbocycles. The van der Waals surface area contributed by atoms with E-state index >= 15 is 0 Å². The lowest BCUT2D eigenvalue weighted by molar-refractivity contribution is -0.114. The van der Waals surface area contributed by atoms with Crippen molar-refractivity contribution in [2.75, 3.05) is 68.1 Å². The molecule has 2 aromatic rings. The van der Waals surface area contributed by atoms with Crippen LogP contribution in [-0.4, -0.2) is 68.5 Å². The summed E-state index contributed by atoms with van der Waals surface area (Å²) in [7, 11) is 0. The molecule has 7 nitrogen and oxygen atoms in total. The maximum absolute atomic E-state index is 12.5. The maximum Gasteiger partial charge on any atom is 0.243 e. The highest BCUT2D eigenvalue weighted by molar-refractivity contribution is 5.94. The van der Waals surface area contributed by atoms with Crippen LogP contribution in [0, 0.1) is 5.92 Å². The molecule has 0 aliphatic carbocycles. The molecule has 3 N–H and O–H groups in total. The van der Waals surface area contributed by atoms with Gasteiger partial charge in [-0.25, -0.2) is 0 Å². The van der Waals surface area contributed by atoms with E-state index in [1.165, 1.54) is 5.56 Å². The fourth-order valence-corrected chi connectivity index (χ4v) is 4.36. The molecule has 1 amide bonds. The van der Waals surface area contributed by atoms with Crippen LogP contribution in [0.15, 0.2) is 48.5 Å². The molecule has 172 valence electrons. The molecule has 0 atom stereocenters. The molecule has 2 heterocycles. The standard InChI is InChI=1S/C25H34N4O3/c30-19-20-9-11-28(12-10-20)18-21-3-1-2-4-24(21)26-17-25(31)27-22-5-7-23(8-6-22)29-13-15-32-16-14-29/h1-8,20,26,30H,9-19H2,(H,27,31). The monoisotopic (exact) mass is 438 g/mol. The molecule has 2 saturated heterocycles. The molecule has 32 heavy (non-hydrogen) atoms. The Balaban J connectivity index is 1.27. The summed E-state index contributed by atoms with van der Waals surface area (Å²) in [6.45, 7) is 6.67. The predicted octanol–water partition coefficient (Wildman–Crippen LogP) is 2.78. The lowest BCUT2D eigenvalue weighted by Gasteiger charge is -2.31. The number of carbonyl (C=O) groups excluding carboxylic acids is 1. The molecular weight excluding hydrogens is 404 g/mol. The Labute approximate surface area is 190 Å². The minimum Gasteiger partial charge on any atom is -0.396 e. The van der Waals surface area contributed by atoms with Gasteiger partial charge in [0, 0.05) is 43.3 Å². The first-order valence-electron chi connectivity index (χ1n) is 11.6. The van der Waals surface area contributed by atoms with Crippen LogP contribution < -0.4 is 15.5 Å². The summed E-state index contributed by atoms with van der Waals surface area (Å²) in [5.74, 6) is 0.369. The molecule has 0 bridgehead atoms. The number of piperidine rings is 1. The van der Waals surface area contributed by atoms with Gasteiger partial charge >= 0.3 is 0 Å². The number of hydrogen-bond acceptors (Lipinski definition) is 6. The van der Waals surface area contributed by atoms with Gasteiger partial charge in [0.15, 0.2) is 0 Å². The van der Waals surface area contributed by atoms with Crippen molar-refractivity contribution >= 4 is 23.0 Å². The fourth-order valence-electron chi connectivity index (χ4n) is 4.36. The van der Waals surface area contributed by atoms with Crippen LogP contribution in [0.5, 0.6) is 0 Å². The molecule has 0 saturated carbocycles. The number of morpholine rings is 1. The van der Waals surface area contributed by atoms with E-state index in [1.807, 2.05) is 42.5 Å². The normalized spacial score (nSPS) is 17.8. The number of hydrogen-bond donors (Lipinski definition) is 3. The quantitative estimate of drug-likeness (QED) is 0.588. The van der Waals surface area contributed by atoms with Crippen LogP contribution in [0.25, 0.3) is 0 Å². The molecule has 0 aromatic heterocycles. The smallest absolute Gasteiger partial charge is 0.243 e. The molecular formula is C25H34N4O3. The number of anilines is 3. The molecule has 2 fully saturated rings. The number of aliphatic hydroxyl groups is 1. The number of rotatable bonds is 8. The zero-order valence-electron chi connectivity index (χ0n) is 18.6. The lowest BCUT2D eigenvalue weighted by atomic mass is 9.97. The summed E-state index contributed by atoms with van der Waals surface area (Å²) in [5.41, 5.74) is 4.14. The summed E-state index contributed by atoms with van der Waals surface area (Å²) in [6, 6.07) is 16.2. The van der Waals surface area contributed by atoms with E-state index < -0.39 is 0 Å². The van der Waals surface area contributed by atoms with Gasteiger partial charge in [0.25, 0.3) is 0 Å². The Bertz CT molecular complexity index is 860. The summed E-state index contributed by atoms with van der Waals surface area (Å²) in [4.78, 5) is 17.2. The van der Waals surface area contributed by atoms with Crippen molar-refractivity contribution in [2.45, 2.75) is 19.4 Å². The van der Waals surface area contributed by atoms with Crippen LogP contribution in [0.4, 0.5) is 17.1 Å². The first-order valence-corrected chi connectivity index (χ1v) is 11.6. The summed E-state index contributed by atoms with van der Waals surface area (Å²) in [6.07, 6.45) is 2.08. The number of aliphatic hydroxyl groups excluding tert-OH is 1. The van der Waals surface area contributed by atoms with Crippen molar-refractivity contribution in [3.8, 4) is 0 Å². The van der Waals surface area contributed by atoms with Crippen LogP contribution in [0.3, 0.4) is 0 Å². The fraction of sp³-hybridized carbons (Fsp3) is 0.480. The highest BCUT2D eigenvalue weighted by Crippen LogP contribution is 2.22. The van der Waals surface area contributed by atoms with Gasteiger partial charge in [-0.05, 0) is 67.7 Å². The largest absolute Gasteiger partial charge is 0.396 e. The number of nitrogens with zero attached hydrogens (tertiary/aromatic N) is 2. The Morgan fingerprint density at radius 2 is 1.72 bits per heavy atom. The van der Waals surface area contributed by atoms with Crippen molar-refractivity contribution in [1.82, 2.24) is 4.90 Å². The van der Waals surface area contributed by atoms with E-state index in [-0.39, 0.29) is 19.1 Å². The second-order valence-electron chi connectivity index (χ2n) is 8.61. The molecule has 2 aliphatic heterocycles. The molecule has 0 spiro atoms. The topological polar surface area (TPSA) is 77.1 Å². The first-order chi connectivity index (χ1) is 15.7. The number of amides is 1. The number of para-hydroxylation sites is 1. The van der Waals surface area contributed by atoms with Gasteiger partial charge in [-0.3, -0.25) is 9.69 Å². The van der Waals surface area contributed by atoms with Gasteiger partial charge in [0.2, 0.25) is 5.91 Å². The number of nitrogens with one attached hydrogen (secondary N) is 2. The highest BCUT2D eigenvalue weighted by Gasteiger charge is 2.19. The third-order valence-corrected chi connectivity index (χ3v) is 6.34. The highest BCUT2D eigenvalue weighted by atomic mass is 16.5. The predicted molar refractivity (Wildman–Crippen MR) is 128 cm³/mol. The average Bonchev–Trinajstić information content (AvgIpc) is 2.85. The second kappa shape index (κ2) is 11.3. The van der Waals surface area contributed by atoms with Gasteiger partial charge in [-0.15, -0.1) is 0 Å². The van der Waals surface area contributed by atoms with E-state index in [2.05, 4.69) is 26.5 Å². The number of likely N-dealkylation sites (tertiary alicyclic amines) is 1. The summed E-state index contributed by atoms with van der Waals surface area (Å²) < 4.78 is 5.40. The molecule has 4 rings (SSSR count). The zero-order valence-corrected chi connectivity index (χ0v) is 18.6. The number of ether oxygens (including phenoxy) is 1. The summed E-state index contributed by atoms with van der Waals surface area (Å²) >= 11 is 0. The van der Waals surface area contributed by atoms with E-state index in [9.17, 15) is 9.90 Å². The minimum atomic E-state index is -0.0670. The van der Waals surface area contributed by atoms with E-state index in [1.54, 1.807) is 0 Å². The van der Waals surface area contributed by atoms with Crippen LogP contribution >= 0.6 is 0 Å². The van der Waals surface area contributed by atoms with Crippen molar-refractivity contribution in [1.29, 1.82) is 0 Å². The Hall–Kier alpha value is -2.61. The van der Waals surface area contributed by atoms with Gasteiger partial charge in [0.05, 0.1) is 19.8 Å². The van der Waals surface area contributed by atoms with Crippen molar-refractivity contribution in [3.05, 3.63) is 54.1 Å². The van der Waals surface area contributed by atoms with Crippen LogP contribution in [0.1, 0.15) is 18.4 Å². The van der Waals surface area contributed by atoms with Crippen LogP contribution in [-0.2, 0) is 16.1 Å². The van der Waals surface area contributed by atoms with Gasteiger partial charge in [-0.2, -0.15) is 0 Å². The Morgan fingerprint density at radius 3 is 2.44 bits per heavy atom. The molecule has 0 unspecified atom stereocenters. The van der Waals surface area contributed by atoms with E-state index in [0.29, 0.717) is 5.92 Å². The summed E-state index contributed by atoms with van der Waals surface area (Å²) in [5, 5.41) is 15.6. The number of benzene rings is 2. The minimum absolute atomic E-state index is 0.0670. The molecule has 0 radical (unpaired) electrons. The number of carbonyl (C=O) groups is 1. The van der Waals surface area contributed by atoms with E-state index in [0.717, 1.165) is 75.8 Å². The average molecular weight is 439 g/mol. The molecule has 2 aliphatic rings. The maximum atomic E-state index is 12.5. The third-order valence-electron chi connectivity index (χ3n) is 6.34. The van der Waals surface area contributed by atoms with Crippen LogP contribution in [0.2, 0.25) is 0 Å². The van der Waals surface area contributed by atoms with Gasteiger partial charge in [-0.1, -0.05) is 18.2 Å². The first kappa shape index (κ1) is 22.6.